The van der Waals surface area contributed by atoms with Crippen LogP contribution in [-0.4, -0.2) is 116 Å². The van der Waals surface area contributed by atoms with Crippen molar-refractivity contribution in [1.82, 2.24) is 31.6 Å². The summed E-state index contributed by atoms with van der Waals surface area (Å²) in [6, 6.07) is 23.6. The van der Waals surface area contributed by atoms with Crippen molar-refractivity contribution in [2.75, 3.05) is 56.7 Å². The maximum Gasteiger partial charge on any atom is 0.243 e. The molecule has 382 valence electrons. The number of aromatic nitrogens is 1. The third kappa shape index (κ3) is 14.7. The van der Waals surface area contributed by atoms with Gasteiger partial charge < -0.3 is 67.8 Å². The Kier molecular flexibility index (Phi) is 18.5. The number of carbonyl (C=O) groups excluding carboxylic acids is 5. The summed E-state index contributed by atoms with van der Waals surface area (Å²) < 4.78 is 11.0. The fourth-order valence-corrected chi connectivity index (χ4v) is 9.25. The van der Waals surface area contributed by atoms with Crippen LogP contribution < -0.4 is 53.0 Å². The fraction of sp³-hybridized carbons (Fsp3) is 0.396. The Balaban J connectivity index is 1.12. The Morgan fingerprint density at radius 2 is 1.57 bits per heavy atom. The summed E-state index contributed by atoms with van der Waals surface area (Å²) in [5, 5.41) is 35.6. The number of aromatic amines is 1. The molecule has 1 aliphatic heterocycles. The number of anilines is 2. The van der Waals surface area contributed by atoms with E-state index in [1.807, 2.05) is 60.7 Å². The van der Waals surface area contributed by atoms with Gasteiger partial charge in [-0.15, -0.1) is 0 Å². The van der Waals surface area contributed by atoms with Gasteiger partial charge in [0.2, 0.25) is 29.5 Å². The van der Waals surface area contributed by atoms with Gasteiger partial charge in [-0.1, -0.05) is 48.9 Å². The van der Waals surface area contributed by atoms with Crippen LogP contribution in [0.1, 0.15) is 56.1 Å². The lowest BCUT2D eigenvalue weighted by atomic mass is 9.85. The van der Waals surface area contributed by atoms with Gasteiger partial charge in [-0.3, -0.25) is 29.4 Å². The topological polar surface area (TPSA) is 291 Å². The van der Waals surface area contributed by atoms with E-state index in [-0.39, 0.29) is 49.5 Å². The number of rotatable bonds is 22. The van der Waals surface area contributed by atoms with Gasteiger partial charge in [0.15, 0.2) is 5.96 Å². The number of morpholine rings is 1. The standard InChI is InChI=1S/C53H67N11O8/c1-71-47-11-3-2-9-41(47)34-14-12-33(13-15-34)27-45(63-52(70)46(62-49(67)35-7-6-8-37(54)28-35)29-36-31-58-43-21-20-40(65)30-42(36)43)51(69)61-44(10-4-5-22-57-53(55)56)50(68)59-32-48(66)60-38-16-18-39(19-17-38)64-23-25-72-26-24-64/h2-3,9,11-21,30-31,35,37,44-46,58,65H,4-8,10,22-29,32,54H2,1H3,(H,59,68)(H,60,66)(H,61,69)(H,62,67)(H,63,70)(H4,55,56,57)/t35-,37-,44-,45-,46-/m0/s1. The van der Waals surface area contributed by atoms with Crippen LogP contribution >= 0.6 is 0 Å². The minimum Gasteiger partial charge on any atom is -0.508 e. The van der Waals surface area contributed by atoms with Crippen molar-refractivity contribution in [1.29, 1.82) is 5.41 Å². The molecule has 1 saturated carbocycles. The van der Waals surface area contributed by atoms with Gasteiger partial charge in [0.05, 0.1) is 26.9 Å². The third-order valence-corrected chi connectivity index (χ3v) is 13.2. The molecule has 5 amide bonds. The molecule has 2 heterocycles. The summed E-state index contributed by atoms with van der Waals surface area (Å²) in [6.07, 6.45) is 5.44. The molecule has 2 fully saturated rings. The summed E-state index contributed by atoms with van der Waals surface area (Å²) >= 11 is 0. The van der Waals surface area contributed by atoms with Crippen molar-refractivity contribution >= 4 is 57.8 Å². The van der Waals surface area contributed by atoms with E-state index in [0.717, 1.165) is 48.3 Å². The van der Waals surface area contributed by atoms with Crippen molar-refractivity contribution < 1.29 is 38.6 Å². The fourth-order valence-electron chi connectivity index (χ4n) is 9.25. The van der Waals surface area contributed by atoms with Crippen molar-refractivity contribution in [3.05, 3.63) is 108 Å². The number of nitrogens with zero attached hydrogens (tertiary/aromatic N) is 1. The molecule has 1 aromatic heterocycles. The van der Waals surface area contributed by atoms with Gasteiger partial charge >= 0.3 is 0 Å². The number of nitrogens with two attached hydrogens (primary N) is 2. The van der Waals surface area contributed by atoms with Gasteiger partial charge in [0.25, 0.3) is 0 Å². The summed E-state index contributed by atoms with van der Waals surface area (Å²) in [4.78, 5) is 75.9. The number of H-pyrrole nitrogens is 1. The monoisotopic (exact) mass is 986 g/mol. The molecule has 19 nitrogen and oxygen atoms in total. The molecule has 72 heavy (non-hydrogen) atoms. The average molecular weight is 986 g/mol. The molecular weight excluding hydrogens is 919 g/mol. The zero-order chi connectivity index (χ0) is 51.0. The predicted octanol–water partition coefficient (Wildman–Crippen LogP) is 3.55. The SMILES string of the molecule is COc1ccccc1-c1ccc(C[C@H](NC(=O)[C@H](Cc2c[nH]c3ccc(O)cc23)NC(=O)[C@H]2CCC[C@H](N)C2)C(=O)N[C@@H](CCCCNC(=N)N)C(=O)NCC(=O)Nc2ccc(N3CCOCC3)cc2)cc1. The van der Waals surface area contributed by atoms with E-state index < -0.39 is 47.7 Å². The molecule has 1 aliphatic carbocycles. The van der Waals surface area contributed by atoms with E-state index >= 15 is 0 Å². The van der Waals surface area contributed by atoms with Crippen LogP contribution in [0.2, 0.25) is 0 Å². The van der Waals surface area contributed by atoms with Crippen LogP contribution in [-0.2, 0) is 41.6 Å². The smallest absolute Gasteiger partial charge is 0.243 e. The molecule has 2 aliphatic rings. The Morgan fingerprint density at radius 3 is 2.29 bits per heavy atom. The molecule has 5 atom stereocenters. The number of methoxy groups -OCH3 is 1. The predicted molar refractivity (Wildman–Crippen MR) is 276 cm³/mol. The van der Waals surface area contributed by atoms with E-state index in [2.05, 4.69) is 41.8 Å². The molecule has 5 aromatic rings. The van der Waals surface area contributed by atoms with E-state index in [0.29, 0.717) is 73.4 Å². The number of fused-ring (bicyclic) bond motifs is 1. The minimum absolute atomic E-state index is 0.00746. The van der Waals surface area contributed by atoms with Crippen molar-refractivity contribution in [3.8, 4) is 22.6 Å². The van der Waals surface area contributed by atoms with Crippen LogP contribution in [0.25, 0.3) is 22.0 Å². The maximum atomic E-state index is 14.7. The summed E-state index contributed by atoms with van der Waals surface area (Å²) in [7, 11) is 1.60. The van der Waals surface area contributed by atoms with Crippen LogP contribution in [0.5, 0.6) is 11.5 Å². The maximum absolute atomic E-state index is 14.7. The first-order chi connectivity index (χ1) is 34.8. The number of nitrogens with one attached hydrogen (secondary N) is 8. The van der Waals surface area contributed by atoms with Crippen LogP contribution in [0.15, 0.2) is 97.2 Å². The zero-order valence-electron chi connectivity index (χ0n) is 40.6. The van der Waals surface area contributed by atoms with E-state index in [9.17, 15) is 29.1 Å². The number of para-hydroxylation sites is 1. The van der Waals surface area contributed by atoms with Crippen molar-refractivity contribution in [2.24, 2.45) is 17.4 Å². The molecule has 1 saturated heterocycles. The van der Waals surface area contributed by atoms with Gasteiger partial charge in [0, 0.05) is 78.5 Å². The number of hydrogen-bond acceptors (Lipinski definition) is 11. The van der Waals surface area contributed by atoms with Gasteiger partial charge in [0.1, 0.15) is 29.6 Å². The Morgan fingerprint density at radius 1 is 0.847 bits per heavy atom. The Bertz CT molecular complexity index is 2650. The van der Waals surface area contributed by atoms with E-state index in [4.69, 9.17) is 26.4 Å². The number of hydrogen-bond donors (Lipinski definition) is 11. The highest BCUT2D eigenvalue weighted by molar-refractivity contribution is 5.98. The normalized spacial score (nSPS) is 16.9. The number of guanidine groups is 1. The van der Waals surface area contributed by atoms with Crippen LogP contribution in [0, 0.1) is 11.3 Å². The van der Waals surface area contributed by atoms with Gasteiger partial charge in [-0.2, -0.15) is 0 Å². The number of aromatic hydroxyl groups is 1. The van der Waals surface area contributed by atoms with Crippen LogP contribution in [0.4, 0.5) is 11.4 Å². The molecule has 0 bridgehead atoms. The highest BCUT2D eigenvalue weighted by Crippen LogP contribution is 2.30. The largest absolute Gasteiger partial charge is 0.508 e. The summed E-state index contributed by atoms with van der Waals surface area (Å²) in [5.74, 6) is -2.65. The minimum atomic E-state index is -1.26. The number of unbranched alkanes of at least 4 members (excludes halogenated alkanes) is 1. The first kappa shape index (κ1) is 52.2. The molecule has 4 aromatic carbocycles. The van der Waals surface area contributed by atoms with Crippen molar-refractivity contribution in [3.63, 3.8) is 0 Å². The van der Waals surface area contributed by atoms with Crippen LogP contribution in [0.3, 0.4) is 0 Å². The Hall–Kier alpha value is -7.64. The lowest BCUT2D eigenvalue weighted by Gasteiger charge is -2.29. The Labute approximate surface area is 419 Å². The molecule has 0 spiro atoms. The molecule has 7 rings (SSSR count). The highest BCUT2D eigenvalue weighted by atomic mass is 16.5. The lowest BCUT2D eigenvalue weighted by Crippen LogP contribution is -2.58. The summed E-state index contributed by atoms with van der Waals surface area (Å²) in [5.41, 5.74) is 17.1. The summed E-state index contributed by atoms with van der Waals surface area (Å²) in [6.45, 7) is 2.77. The molecular formula is C53H67N11O8. The molecule has 19 heteroatoms. The molecule has 0 radical (unpaired) electrons. The first-order valence-corrected chi connectivity index (χ1v) is 24.6. The van der Waals surface area contributed by atoms with Gasteiger partial charge in [-0.25, -0.2) is 0 Å². The molecule has 0 unspecified atom stereocenters. The van der Waals surface area contributed by atoms with Crippen molar-refractivity contribution in [2.45, 2.75) is 82.0 Å². The first-order valence-electron chi connectivity index (χ1n) is 24.6. The number of carbonyl (C=O) groups is 5. The number of ether oxygens (including phenoxy) is 2. The zero-order valence-corrected chi connectivity index (χ0v) is 40.6. The third-order valence-electron chi connectivity index (χ3n) is 13.2. The quantitative estimate of drug-likeness (QED) is 0.0270. The molecule has 13 N–H and O–H groups in total. The number of amides is 5. The highest BCUT2D eigenvalue weighted by Gasteiger charge is 2.33. The van der Waals surface area contributed by atoms with Gasteiger partial charge in [-0.05, 0) is 104 Å². The van der Waals surface area contributed by atoms with E-state index in [1.54, 1.807) is 43.6 Å². The number of phenols is 1. The number of phenolic OH excluding ortho intramolecular Hbond substituents is 1. The lowest BCUT2D eigenvalue weighted by molar-refractivity contribution is -0.134. The van der Waals surface area contributed by atoms with E-state index in [1.165, 1.54) is 0 Å². The second-order valence-electron chi connectivity index (χ2n) is 18.4. The second-order valence-corrected chi connectivity index (χ2v) is 18.4. The number of benzene rings is 4. The average Bonchev–Trinajstić information content (AvgIpc) is 3.78. The second kappa shape index (κ2) is 25.5.